The number of amides is 1. The van der Waals surface area contributed by atoms with Crippen molar-refractivity contribution in [1.29, 1.82) is 0 Å². The van der Waals surface area contributed by atoms with E-state index in [4.69, 9.17) is 0 Å². The standard InChI is InChI=1S/C16H16N4O2S/c1-10-13(14(21)15(22)18-16-17-8-9-23-16)11(2)20(19-10)12-6-4-3-5-7-12/h3-7H,8-9H2,1-2H3,(H,17,18,22). The van der Waals surface area contributed by atoms with E-state index in [0.29, 0.717) is 28.7 Å². The van der Waals surface area contributed by atoms with Gasteiger partial charge in [-0.1, -0.05) is 30.0 Å². The third kappa shape index (κ3) is 3.05. The number of benzene rings is 1. The van der Waals surface area contributed by atoms with Gasteiger partial charge in [0, 0.05) is 5.75 Å². The van der Waals surface area contributed by atoms with E-state index in [1.54, 1.807) is 18.5 Å². The Labute approximate surface area is 138 Å². The highest BCUT2D eigenvalue weighted by Gasteiger charge is 2.26. The number of amidine groups is 1. The number of para-hydroxylation sites is 1. The number of carbonyl (C=O) groups excluding carboxylic acids is 2. The first-order valence-electron chi connectivity index (χ1n) is 7.22. The first-order chi connectivity index (χ1) is 11.1. The molecule has 1 aromatic carbocycles. The van der Waals surface area contributed by atoms with Crippen molar-refractivity contribution in [2.24, 2.45) is 4.99 Å². The van der Waals surface area contributed by atoms with Gasteiger partial charge in [-0.2, -0.15) is 5.10 Å². The molecule has 1 N–H and O–H groups in total. The Bertz CT molecular complexity index is 796. The highest BCUT2D eigenvalue weighted by atomic mass is 32.2. The zero-order chi connectivity index (χ0) is 16.4. The van der Waals surface area contributed by atoms with Gasteiger partial charge in [-0.3, -0.25) is 19.9 Å². The maximum atomic E-state index is 12.5. The molecule has 118 valence electrons. The van der Waals surface area contributed by atoms with Crippen LogP contribution in [-0.2, 0) is 4.79 Å². The average Bonchev–Trinajstić information content (AvgIpc) is 3.15. The van der Waals surface area contributed by atoms with E-state index < -0.39 is 11.7 Å². The van der Waals surface area contributed by atoms with Gasteiger partial charge in [0.15, 0.2) is 5.17 Å². The third-order valence-electron chi connectivity index (χ3n) is 3.53. The van der Waals surface area contributed by atoms with Gasteiger partial charge in [0.25, 0.3) is 11.7 Å². The van der Waals surface area contributed by atoms with Crippen LogP contribution in [0, 0.1) is 13.8 Å². The van der Waals surface area contributed by atoms with Crippen molar-refractivity contribution < 1.29 is 9.59 Å². The van der Waals surface area contributed by atoms with E-state index in [-0.39, 0.29) is 0 Å². The molecule has 1 aromatic heterocycles. The van der Waals surface area contributed by atoms with E-state index in [0.717, 1.165) is 11.4 Å². The molecule has 0 spiro atoms. The second-order valence-electron chi connectivity index (χ2n) is 5.11. The highest BCUT2D eigenvalue weighted by molar-refractivity contribution is 8.14. The SMILES string of the molecule is Cc1nn(-c2ccccc2)c(C)c1C(=O)C(=O)NC1=NCCS1. The minimum atomic E-state index is -0.669. The first kappa shape index (κ1) is 15.5. The van der Waals surface area contributed by atoms with Gasteiger partial charge in [-0.05, 0) is 26.0 Å². The van der Waals surface area contributed by atoms with Crippen LogP contribution in [0.1, 0.15) is 21.7 Å². The van der Waals surface area contributed by atoms with Crippen LogP contribution in [0.4, 0.5) is 0 Å². The number of aryl methyl sites for hydroxylation is 1. The lowest BCUT2D eigenvalue weighted by molar-refractivity contribution is -0.115. The Hall–Kier alpha value is -2.41. The number of ketones is 1. The van der Waals surface area contributed by atoms with E-state index in [2.05, 4.69) is 15.4 Å². The van der Waals surface area contributed by atoms with Crippen LogP contribution >= 0.6 is 11.8 Å². The molecule has 7 heteroatoms. The number of carbonyl (C=O) groups is 2. The van der Waals surface area contributed by atoms with Gasteiger partial charge in [0.1, 0.15) is 0 Å². The number of nitrogens with one attached hydrogen (secondary N) is 1. The summed E-state index contributed by atoms with van der Waals surface area (Å²) >= 11 is 1.44. The van der Waals surface area contributed by atoms with E-state index >= 15 is 0 Å². The summed E-state index contributed by atoms with van der Waals surface area (Å²) < 4.78 is 1.68. The summed E-state index contributed by atoms with van der Waals surface area (Å²) in [7, 11) is 0. The Morgan fingerprint density at radius 1 is 1.22 bits per heavy atom. The number of Topliss-reactive ketones (excluding diaryl/α,β-unsaturated/α-hetero) is 1. The van der Waals surface area contributed by atoms with Crippen LogP contribution in [-0.4, -0.2) is 38.9 Å². The van der Waals surface area contributed by atoms with Crippen molar-refractivity contribution >= 4 is 28.6 Å². The van der Waals surface area contributed by atoms with Crippen LogP contribution in [0.2, 0.25) is 0 Å². The third-order valence-corrected chi connectivity index (χ3v) is 4.42. The predicted octanol–water partition coefficient (Wildman–Crippen LogP) is 1.89. The largest absolute Gasteiger partial charge is 0.298 e. The molecule has 0 fully saturated rings. The van der Waals surface area contributed by atoms with Crippen molar-refractivity contribution in [2.45, 2.75) is 13.8 Å². The predicted molar refractivity (Wildman–Crippen MR) is 90.3 cm³/mol. The van der Waals surface area contributed by atoms with Gasteiger partial charge >= 0.3 is 0 Å². The minimum absolute atomic E-state index is 0.343. The van der Waals surface area contributed by atoms with Crippen molar-refractivity contribution in [3.05, 3.63) is 47.3 Å². The Kier molecular flexibility index (Phi) is 4.29. The molecule has 0 saturated heterocycles. The molecule has 1 aliphatic heterocycles. The second-order valence-corrected chi connectivity index (χ2v) is 6.20. The number of hydrogen-bond acceptors (Lipinski definition) is 5. The van der Waals surface area contributed by atoms with Crippen molar-refractivity contribution in [2.75, 3.05) is 12.3 Å². The monoisotopic (exact) mass is 328 g/mol. The quantitative estimate of drug-likeness (QED) is 0.689. The van der Waals surface area contributed by atoms with Gasteiger partial charge in [-0.25, -0.2) is 4.68 Å². The smallest absolute Gasteiger partial charge is 0.298 e. The Morgan fingerprint density at radius 3 is 2.61 bits per heavy atom. The minimum Gasteiger partial charge on any atom is -0.298 e. The number of thioether (sulfide) groups is 1. The average molecular weight is 328 g/mol. The van der Waals surface area contributed by atoms with Gasteiger partial charge < -0.3 is 0 Å². The lowest BCUT2D eigenvalue weighted by Crippen LogP contribution is -2.34. The lowest BCUT2D eigenvalue weighted by Gasteiger charge is -2.05. The molecule has 1 aliphatic rings. The molecule has 0 atom stereocenters. The highest BCUT2D eigenvalue weighted by Crippen LogP contribution is 2.18. The topological polar surface area (TPSA) is 76.3 Å². The lowest BCUT2D eigenvalue weighted by atomic mass is 10.1. The van der Waals surface area contributed by atoms with E-state index in [1.807, 2.05) is 30.3 Å². The number of nitrogens with zero attached hydrogens (tertiary/aromatic N) is 3. The van der Waals surface area contributed by atoms with Crippen molar-refractivity contribution in [3.8, 4) is 5.69 Å². The molecule has 0 saturated carbocycles. The summed E-state index contributed by atoms with van der Waals surface area (Å²) in [4.78, 5) is 28.8. The first-order valence-corrected chi connectivity index (χ1v) is 8.21. The van der Waals surface area contributed by atoms with Crippen LogP contribution in [0.3, 0.4) is 0 Å². The normalized spacial score (nSPS) is 13.7. The molecule has 0 unspecified atom stereocenters. The number of aliphatic imine (C=N–C) groups is 1. The maximum Gasteiger partial charge on any atom is 0.298 e. The molecular formula is C16H16N4O2S. The summed E-state index contributed by atoms with van der Waals surface area (Å²) in [5.74, 6) is -0.428. The molecule has 0 bridgehead atoms. The fourth-order valence-corrected chi connectivity index (χ4v) is 3.19. The molecule has 0 radical (unpaired) electrons. The zero-order valence-electron chi connectivity index (χ0n) is 12.9. The van der Waals surface area contributed by atoms with E-state index in [9.17, 15) is 9.59 Å². The van der Waals surface area contributed by atoms with Crippen LogP contribution < -0.4 is 5.32 Å². The van der Waals surface area contributed by atoms with Gasteiger partial charge in [0.2, 0.25) is 0 Å². The number of rotatable bonds is 3. The summed E-state index contributed by atoms with van der Waals surface area (Å²) in [5.41, 5.74) is 2.38. The van der Waals surface area contributed by atoms with Gasteiger partial charge in [-0.15, -0.1) is 0 Å². The fraction of sp³-hybridized carbons (Fsp3) is 0.250. The fourth-order valence-electron chi connectivity index (χ4n) is 2.47. The number of hydrogen-bond donors (Lipinski definition) is 1. The summed E-state index contributed by atoms with van der Waals surface area (Å²) in [5, 5.41) is 7.47. The van der Waals surface area contributed by atoms with Gasteiger partial charge in [0.05, 0.1) is 29.2 Å². The number of aromatic nitrogens is 2. The van der Waals surface area contributed by atoms with Crippen LogP contribution in [0.25, 0.3) is 5.69 Å². The maximum absolute atomic E-state index is 12.5. The molecule has 1 amide bonds. The zero-order valence-corrected chi connectivity index (χ0v) is 13.7. The molecule has 0 aliphatic carbocycles. The Morgan fingerprint density at radius 2 is 1.96 bits per heavy atom. The summed E-state index contributed by atoms with van der Waals surface area (Å²) in [6.45, 7) is 4.18. The molecule has 3 rings (SSSR count). The second kappa shape index (κ2) is 6.37. The van der Waals surface area contributed by atoms with Crippen molar-refractivity contribution in [3.63, 3.8) is 0 Å². The molecular weight excluding hydrogens is 312 g/mol. The van der Waals surface area contributed by atoms with Crippen molar-refractivity contribution in [1.82, 2.24) is 15.1 Å². The van der Waals surface area contributed by atoms with Crippen LogP contribution in [0.5, 0.6) is 0 Å². The molecule has 23 heavy (non-hydrogen) atoms. The molecule has 2 aromatic rings. The van der Waals surface area contributed by atoms with Crippen LogP contribution in [0.15, 0.2) is 35.3 Å². The van der Waals surface area contributed by atoms with E-state index in [1.165, 1.54) is 11.8 Å². The molecule has 2 heterocycles. The summed E-state index contributed by atoms with van der Waals surface area (Å²) in [6, 6.07) is 9.51. The Balaban J connectivity index is 1.89. The summed E-state index contributed by atoms with van der Waals surface area (Å²) in [6.07, 6.45) is 0. The molecule has 6 nitrogen and oxygen atoms in total.